The fourth-order valence-electron chi connectivity index (χ4n) is 1.03. The Morgan fingerprint density at radius 3 is 2.65 bits per heavy atom. The predicted octanol–water partition coefficient (Wildman–Crippen LogP) is 3.08. The van der Waals surface area contributed by atoms with Gasteiger partial charge >= 0.3 is 6.09 Å². The maximum atomic E-state index is 11.4. The Bertz CT molecular complexity index is 421. The zero-order valence-electron chi connectivity index (χ0n) is 10.4. The number of hydrogen-bond donors (Lipinski definition) is 1. The van der Waals surface area contributed by atoms with Gasteiger partial charge < -0.3 is 4.74 Å². The lowest BCUT2D eigenvalue weighted by Crippen LogP contribution is -2.27. The second kappa shape index (κ2) is 5.27. The molecule has 0 radical (unpaired) electrons. The summed E-state index contributed by atoms with van der Waals surface area (Å²) in [5.74, 6) is 0.0136. The number of hydrogen-bond acceptors (Lipinski definition) is 5. The van der Waals surface area contributed by atoms with Crippen molar-refractivity contribution in [2.24, 2.45) is 0 Å². The minimum Gasteiger partial charge on any atom is -0.444 e. The van der Waals surface area contributed by atoms with Crippen LogP contribution in [0.2, 0.25) is 0 Å². The third kappa shape index (κ3) is 4.52. The molecular formula is C11H16N2O3S. The summed E-state index contributed by atoms with van der Waals surface area (Å²) in [6.45, 7) is 7.12. The van der Waals surface area contributed by atoms with Gasteiger partial charge in [-0.25, -0.2) is 9.78 Å². The zero-order valence-corrected chi connectivity index (χ0v) is 11.2. The van der Waals surface area contributed by atoms with Crippen molar-refractivity contribution in [3.05, 3.63) is 11.1 Å². The fraction of sp³-hybridized carbons (Fsp3) is 0.545. The smallest absolute Gasteiger partial charge is 0.413 e. The molecule has 0 aliphatic rings. The van der Waals surface area contributed by atoms with E-state index in [1.807, 2.05) is 0 Å². The molecule has 1 aromatic rings. The molecular weight excluding hydrogens is 240 g/mol. The number of rotatable bonds is 3. The summed E-state index contributed by atoms with van der Waals surface area (Å²) in [4.78, 5) is 27.3. The highest BCUT2D eigenvalue weighted by atomic mass is 32.1. The van der Waals surface area contributed by atoms with E-state index in [-0.39, 0.29) is 5.78 Å². The number of carbonyl (C=O) groups excluding carboxylic acids is 2. The lowest BCUT2D eigenvalue weighted by molar-refractivity contribution is 0.0635. The normalized spacial score (nSPS) is 11.1. The molecule has 0 aromatic carbocycles. The number of aromatic nitrogens is 1. The maximum absolute atomic E-state index is 11.4. The van der Waals surface area contributed by atoms with Crippen LogP contribution in [0, 0.1) is 0 Å². The number of amides is 1. The SMILES string of the molecule is CCC(=O)c1cnc(NC(=O)OC(C)(C)C)s1. The standard InChI is InChI=1S/C11H16N2O3S/c1-5-7(14)8-6-12-9(17-8)13-10(15)16-11(2,3)4/h6H,5H2,1-4H3,(H,12,13,15). The van der Waals surface area contributed by atoms with Gasteiger partial charge in [-0.15, -0.1) is 0 Å². The van der Waals surface area contributed by atoms with Gasteiger partial charge in [0.05, 0.1) is 11.1 Å². The van der Waals surface area contributed by atoms with E-state index in [2.05, 4.69) is 10.3 Å². The summed E-state index contributed by atoms with van der Waals surface area (Å²) in [5.41, 5.74) is -0.552. The number of Topliss-reactive ketones (excluding diaryl/α,β-unsaturated/α-hetero) is 1. The summed E-state index contributed by atoms with van der Waals surface area (Å²) in [7, 11) is 0. The van der Waals surface area contributed by atoms with Crippen LogP contribution in [0.15, 0.2) is 6.20 Å². The van der Waals surface area contributed by atoms with Crippen LogP contribution in [0.4, 0.5) is 9.93 Å². The maximum Gasteiger partial charge on any atom is 0.413 e. The molecule has 0 aliphatic heterocycles. The summed E-state index contributed by atoms with van der Waals surface area (Å²) in [6.07, 6.45) is 1.32. The molecule has 6 heteroatoms. The molecule has 1 aromatic heterocycles. The van der Waals surface area contributed by atoms with E-state index < -0.39 is 11.7 Å². The average molecular weight is 256 g/mol. The fourth-order valence-corrected chi connectivity index (χ4v) is 1.84. The van der Waals surface area contributed by atoms with Gasteiger partial charge in [0.25, 0.3) is 0 Å². The topological polar surface area (TPSA) is 68.3 Å². The number of carbonyl (C=O) groups is 2. The number of thiazole rings is 1. The molecule has 0 fully saturated rings. The van der Waals surface area contributed by atoms with E-state index in [1.165, 1.54) is 6.20 Å². The quantitative estimate of drug-likeness (QED) is 0.844. The first-order valence-corrected chi connectivity index (χ1v) is 6.12. The highest BCUT2D eigenvalue weighted by Crippen LogP contribution is 2.20. The van der Waals surface area contributed by atoms with Crippen molar-refractivity contribution in [2.45, 2.75) is 39.7 Å². The molecule has 94 valence electrons. The van der Waals surface area contributed by atoms with E-state index in [9.17, 15) is 9.59 Å². The Balaban J connectivity index is 2.61. The van der Waals surface area contributed by atoms with E-state index in [0.29, 0.717) is 16.4 Å². The second-order valence-electron chi connectivity index (χ2n) is 4.43. The van der Waals surface area contributed by atoms with Crippen LogP contribution in [0.3, 0.4) is 0 Å². The van der Waals surface area contributed by atoms with E-state index in [0.717, 1.165) is 11.3 Å². The molecule has 1 heterocycles. The van der Waals surface area contributed by atoms with E-state index in [1.54, 1.807) is 27.7 Å². The number of nitrogens with one attached hydrogen (secondary N) is 1. The van der Waals surface area contributed by atoms with Crippen molar-refractivity contribution < 1.29 is 14.3 Å². The summed E-state index contributed by atoms with van der Waals surface area (Å²) in [5, 5.41) is 2.86. The van der Waals surface area contributed by atoms with Crippen LogP contribution >= 0.6 is 11.3 Å². The largest absolute Gasteiger partial charge is 0.444 e. The molecule has 0 saturated heterocycles. The Morgan fingerprint density at radius 2 is 2.12 bits per heavy atom. The van der Waals surface area contributed by atoms with Crippen LogP contribution in [0.1, 0.15) is 43.8 Å². The van der Waals surface area contributed by atoms with Gasteiger partial charge in [-0.05, 0) is 20.8 Å². The first-order chi connectivity index (χ1) is 7.81. The Kier molecular flexibility index (Phi) is 4.22. The minimum atomic E-state index is -0.567. The predicted molar refractivity (Wildman–Crippen MR) is 66.6 cm³/mol. The zero-order chi connectivity index (χ0) is 13.1. The average Bonchev–Trinajstić information content (AvgIpc) is 2.62. The van der Waals surface area contributed by atoms with Gasteiger partial charge in [-0.1, -0.05) is 18.3 Å². The number of anilines is 1. The Labute approximate surface area is 104 Å². The van der Waals surface area contributed by atoms with Crippen molar-refractivity contribution in [2.75, 3.05) is 5.32 Å². The summed E-state index contributed by atoms with van der Waals surface area (Å²) >= 11 is 1.15. The highest BCUT2D eigenvalue weighted by molar-refractivity contribution is 7.17. The van der Waals surface area contributed by atoms with E-state index >= 15 is 0 Å². The molecule has 0 aliphatic carbocycles. The lowest BCUT2D eigenvalue weighted by atomic mass is 10.2. The van der Waals surface area contributed by atoms with Gasteiger partial charge in [0.2, 0.25) is 0 Å². The van der Waals surface area contributed by atoms with Gasteiger partial charge in [-0.2, -0.15) is 0 Å². The van der Waals surface area contributed by atoms with Crippen LogP contribution in [0.25, 0.3) is 0 Å². The third-order valence-corrected chi connectivity index (χ3v) is 2.66. The van der Waals surface area contributed by atoms with Crippen molar-refractivity contribution >= 4 is 28.3 Å². The summed E-state index contributed by atoms with van der Waals surface area (Å²) in [6, 6.07) is 0. The van der Waals surface area contributed by atoms with Crippen molar-refractivity contribution in [1.82, 2.24) is 4.98 Å². The second-order valence-corrected chi connectivity index (χ2v) is 5.46. The van der Waals surface area contributed by atoms with Gasteiger partial charge in [0.15, 0.2) is 10.9 Å². The number of nitrogens with zero attached hydrogens (tertiary/aromatic N) is 1. The molecule has 0 unspecified atom stereocenters. The summed E-state index contributed by atoms with van der Waals surface area (Å²) < 4.78 is 5.07. The molecule has 1 amide bonds. The van der Waals surface area contributed by atoms with Gasteiger partial charge in [0, 0.05) is 6.42 Å². The van der Waals surface area contributed by atoms with Gasteiger partial charge in [0.1, 0.15) is 5.60 Å². The number of ether oxygens (including phenoxy) is 1. The molecule has 1 N–H and O–H groups in total. The third-order valence-electron chi connectivity index (χ3n) is 1.71. The van der Waals surface area contributed by atoms with Crippen LogP contribution in [-0.4, -0.2) is 22.5 Å². The highest BCUT2D eigenvalue weighted by Gasteiger charge is 2.17. The minimum absolute atomic E-state index is 0.0136. The molecule has 0 atom stereocenters. The molecule has 0 spiro atoms. The molecule has 5 nitrogen and oxygen atoms in total. The molecule has 1 rings (SSSR count). The van der Waals surface area contributed by atoms with Crippen LogP contribution < -0.4 is 5.32 Å². The molecule has 0 bridgehead atoms. The van der Waals surface area contributed by atoms with Crippen molar-refractivity contribution in [1.29, 1.82) is 0 Å². The lowest BCUT2D eigenvalue weighted by Gasteiger charge is -2.18. The monoisotopic (exact) mass is 256 g/mol. The van der Waals surface area contributed by atoms with Gasteiger partial charge in [-0.3, -0.25) is 10.1 Å². The Morgan fingerprint density at radius 1 is 1.47 bits per heavy atom. The van der Waals surface area contributed by atoms with Crippen LogP contribution in [0.5, 0.6) is 0 Å². The number of ketones is 1. The van der Waals surface area contributed by atoms with Crippen molar-refractivity contribution in [3.8, 4) is 0 Å². The van der Waals surface area contributed by atoms with Crippen molar-refractivity contribution in [3.63, 3.8) is 0 Å². The van der Waals surface area contributed by atoms with E-state index in [4.69, 9.17) is 4.74 Å². The first-order valence-electron chi connectivity index (χ1n) is 5.31. The van der Waals surface area contributed by atoms with Crippen LogP contribution in [-0.2, 0) is 4.74 Å². The molecule has 0 saturated carbocycles. The Hall–Kier alpha value is -1.43. The molecule has 17 heavy (non-hydrogen) atoms. The first kappa shape index (κ1) is 13.6.